The predicted octanol–water partition coefficient (Wildman–Crippen LogP) is 0.978. The number of nitrogens with one attached hydrogen (secondary N) is 1. The number of rotatable bonds is 8. The van der Waals surface area contributed by atoms with Crippen LogP contribution in [0.5, 0.6) is 0 Å². The molecule has 0 fully saturated rings. The molecule has 1 atom stereocenters. The minimum absolute atomic E-state index is 0.329. The molecule has 0 aliphatic carbocycles. The highest BCUT2D eigenvalue weighted by Gasteiger charge is 2.07. The van der Waals surface area contributed by atoms with Gasteiger partial charge in [0.05, 0.1) is 6.61 Å². The fourth-order valence-corrected chi connectivity index (χ4v) is 1.12. The summed E-state index contributed by atoms with van der Waals surface area (Å²) in [5.74, 6) is 0.0920. The number of carbonyl (C=O) groups is 1. The summed E-state index contributed by atoms with van der Waals surface area (Å²) >= 11 is 0. The van der Waals surface area contributed by atoms with Crippen molar-refractivity contribution in [2.45, 2.75) is 13.8 Å². The number of methoxy groups -OCH3 is 1. The molecule has 0 saturated carbocycles. The smallest absolute Gasteiger partial charge is 0.334 e. The van der Waals surface area contributed by atoms with Crippen LogP contribution in [0.15, 0.2) is 12.2 Å². The second-order valence-corrected chi connectivity index (χ2v) is 3.52. The van der Waals surface area contributed by atoms with E-state index in [4.69, 9.17) is 9.47 Å². The molecule has 1 unspecified atom stereocenters. The average molecular weight is 215 g/mol. The molecule has 0 amide bonds. The van der Waals surface area contributed by atoms with Crippen molar-refractivity contribution in [3.05, 3.63) is 12.2 Å². The summed E-state index contributed by atoms with van der Waals surface area (Å²) in [6.07, 6.45) is 0. The molecular weight excluding hydrogens is 194 g/mol. The van der Waals surface area contributed by atoms with Gasteiger partial charge in [0.25, 0.3) is 0 Å². The van der Waals surface area contributed by atoms with Gasteiger partial charge in [-0.3, -0.25) is 0 Å². The SMILES string of the molecule is C=C(CNCC(C)COC)C(=O)OCC. The summed E-state index contributed by atoms with van der Waals surface area (Å²) < 4.78 is 9.80. The Morgan fingerprint density at radius 2 is 2.20 bits per heavy atom. The van der Waals surface area contributed by atoms with Crippen molar-refractivity contribution in [3.63, 3.8) is 0 Å². The zero-order valence-corrected chi connectivity index (χ0v) is 9.84. The molecule has 0 aliphatic rings. The molecule has 0 bridgehead atoms. The van der Waals surface area contributed by atoms with Gasteiger partial charge in [-0.2, -0.15) is 0 Å². The number of hydrogen-bond acceptors (Lipinski definition) is 4. The van der Waals surface area contributed by atoms with E-state index < -0.39 is 0 Å². The molecular formula is C11H21NO3. The Morgan fingerprint density at radius 3 is 2.73 bits per heavy atom. The van der Waals surface area contributed by atoms with Crippen molar-refractivity contribution in [1.29, 1.82) is 0 Å². The van der Waals surface area contributed by atoms with E-state index in [2.05, 4.69) is 18.8 Å². The Kier molecular flexibility index (Phi) is 7.95. The van der Waals surface area contributed by atoms with Gasteiger partial charge in [0.2, 0.25) is 0 Å². The van der Waals surface area contributed by atoms with Crippen LogP contribution in [-0.2, 0) is 14.3 Å². The van der Waals surface area contributed by atoms with Crippen LogP contribution in [0.3, 0.4) is 0 Å². The average Bonchev–Trinajstić information content (AvgIpc) is 2.18. The van der Waals surface area contributed by atoms with Gasteiger partial charge in [0.15, 0.2) is 0 Å². The first-order chi connectivity index (χ1) is 7.11. The first-order valence-corrected chi connectivity index (χ1v) is 5.16. The quantitative estimate of drug-likeness (QED) is 0.484. The van der Waals surface area contributed by atoms with Gasteiger partial charge in [-0.05, 0) is 12.8 Å². The second-order valence-electron chi connectivity index (χ2n) is 3.52. The van der Waals surface area contributed by atoms with Gasteiger partial charge in [-0.1, -0.05) is 13.5 Å². The molecule has 4 heteroatoms. The van der Waals surface area contributed by atoms with Crippen LogP contribution in [-0.4, -0.2) is 39.4 Å². The Hall–Kier alpha value is -0.870. The van der Waals surface area contributed by atoms with Crippen molar-refractivity contribution in [2.24, 2.45) is 5.92 Å². The minimum Gasteiger partial charge on any atom is -0.463 e. The molecule has 0 aromatic carbocycles. The van der Waals surface area contributed by atoms with Gasteiger partial charge in [0, 0.05) is 32.4 Å². The third-order valence-electron chi connectivity index (χ3n) is 1.85. The molecule has 0 aromatic rings. The molecule has 4 nitrogen and oxygen atoms in total. The Bertz CT molecular complexity index is 204. The lowest BCUT2D eigenvalue weighted by Crippen LogP contribution is -2.27. The van der Waals surface area contributed by atoms with Crippen LogP contribution in [0.1, 0.15) is 13.8 Å². The predicted molar refractivity (Wildman–Crippen MR) is 59.7 cm³/mol. The van der Waals surface area contributed by atoms with Crippen LogP contribution < -0.4 is 5.32 Å². The number of carbonyl (C=O) groups excluding carboxylic acids is 1. The molecule has 0 heterocycles. The largest absolute Gasteiger partial charge is 0.463 e. The Morgan fingerprint density at radius 1 is 1.53 bits per heavy atom. The van der Waals surface area contributed by atoms with E-state index in [0.717, 1.165) is 6.54 Å². The molecule has 0 saturated heterocycles. The molecule has 0 radical (unpaired) electrons. The van der Waals surface area contributed by atoms with Crippen molar-refractivity contribution in [2.75, 3.05) is 33.4 Å². The molecule has 0 rings (SSSR count). The van der Waals surface area contributed by atoms with E-state index in [0.29, 0.717) is 31.2 Å². The summed E-state index contributed by atoms with van der Waals surface area (Å²) in [5, 5.41) is 3.13. The third kappa shape index (κ3) is 7.11. The lowest BCUT2D eigenvalue weighted by molar-refractivity contribution is -0.138. The Labute approximate surface area is 91.6 Å². The highest BCUT2D eigenvalue weighted by Crippen LogP contribution is 1.95. The van der Waals surface area contributed by atoms with E-state index in [-0.39, 0.29) is 5.97 Å². The number of hydrogen-bond donors (Lipinski definition) is 1. The molecule has 0 spiro atoms. The molecule has 1 N–H and O–H groups in total. The number of ether oxygens (including phenoxy) is 2. The van der Waals surface area contributed by atoms with E-state index in [1.807, 2.05) is 0 Å². The standard InChI is InChI=1S/C11H21NO3/c1-5-15-11(13)10(3)7-12-6-9(2)8-14-4/h9,12H,3,5-8H2,1-2,4H3. The van der Waals surface area contributed by atoms with E-state index >= 15 is 0 Å². The highest BCUT2D eigenvalue weighted by atomic mass is 16.5. The maximum Gasteiger partial charge on any atom is 0.334 e. The lowest BCUT2D eigenvalue weighted by atomic mass is 10.2. The zero-order chi connectivity index (χ0) is 11.7. The topological polar surface area (TPSA) is 47.6 Å². The zero-order valence-electron chi connectivity index (χ0n) is 9.84. The van der Waals surface area contributed by atoms with Crippen LogP contribution >= 0.6 is 0 Å². The van der Waals surface area contributed by atoms with E-state index in [1.165, 1.54) is 0 Å². The summed E-state index contributed by atoms with van der Waals surface area (Å²) in [4.78, 5) is 11.2. The molecule has 0 aromatic heterocycles. The van der Waals surface area contributed by atoms with Gasteiger partial charge in [0.1, 0.15) is 0 Å². The summed E-state index contributed by atoms with van der Waals surface area (Å²) in [5.41, 5.74) is 0.460. The van der Waals surface area contributed by atoms with Crippen LogP contribution in [0, 0.1) is 5.92 Å². The van der Waals surface area contributed by atoms with Gasteiger partial charge in [-0.15, -0.1) is 0 Å². The minimum atomic E-state index is -0.329. The molecule has 15 heavy (non-hydrogen) atoms. The molecule has 88 valence electrons. The van der Waals surface area contributed by atoms with Gasteiger partial charge >= 0.3 is 5.97 Å². The van der Waals surface area contributed by atoms with Crippen molar-refractivity contribution >= 4 is 5.97 Å². The first-order valence-electron chi connectivity index (χ1n) is 5.16. The summed E-state index contributed by atoms with van der Waals surface area (Å²) in [6, 6.07) is 0. The summed E-state index contributed by atoms with van der Waals surface area (Å²) in [6.45, 7) is 9.85. The second kappa shape index (κ2) is 8.44. The van der Waals surface area contributed by atoms with Crippen LogP contribution in [0.4, 0.5) is 0 Å². The maximum atomic E-state index is 11.2. The van der Waals surface area contributed by atoms with Crippen molar-refractivity contribution < 1.29 is 14.3 Å². The lowest BCUT2D eigenvalue weighted by Gasteiger charge is -2.11. The monoisotopic (exact) mass is 215 g/mol. The fraction of sp³-hybridized carbons (Fsp3) is 0.727. The third-order valence-corrected chi connectivity index (χ3v) is 1.85. The van der Waals surface area contributed by atoms with Gasteiger partial charge < -0.3 is 14.8 Å². The summed E-state index contributed by atoms with van der Waals surface area (Å²) in [7, 11) is 1.67. The van der Waals surface area contributed by atoms with Crippen LogP contribution in [0.2, 0.25) is 0 Å². The van der Waals surface area contributed by atoms with Gasteiger partial charge in [-0.25, -0.2) is 4.79 Å². The van der Waals surface area contributed by atoms with Crippen molar-refractivity contribution in [1.82, 2.24) is 5.32 Å². The maximum absolute atomic E-state index is 11.2. The Balaban J connectivity index is 3.58. The molecule has 0 aliphatic heterocycles. The van der Waals surface area contributed by atoms with E-state index in [1.54, 1.807) is 14.0 Å². The van der Waals surface area contributed by atoms with Crippen LogP contribution in [0.25, 0.3) is 0 Å². The fourth-order valence-electron chi connectivity index (χ4n) is 1.12. The number of esters is 1. The highest BCUT2D eigenvalue weighted by molar-refractivity contribution is 5.88. The normalized spacial score (nSPS) is 12.2. The van der Waals surface area contributed by atoms with Crippen molar-refractivity contribution in [3.8, 4) is 0 Å². The van der Waals surface area contributed by atoms with E-state index in [9.17, 15) is 4.79 Å². The first kappa shape index (κ1) is 14.1.